The van der Waals surface area contributed by atoms with Gasteiger partial charge in [0.2, 0.25) is 0 Å². The first kappa shape index (κ1) is 14.8. The molecule has 2 saturated heterocycles. The minimum atomic E-state index is -0.572. The first-order valence-electron chi connectivity index (χ1n) is 7.73. The number of carboxylic acids is 1. The molecule has 0 radical (unpaired) electrons. The second-order valence-electron chi connectivity index (χ2n) is 6.41. The summed E-state index contributed by atoms with van der Waals surface area (Å²) in [6, 6.07) is 0.685. The molecule has 0 atom stereocenters. The van der Waals surface area contributed by atoms with Crippen molar-refractivity contribution in [2.75, 3.05) is 33.2 Å². The highest BCUT2D eigenvalue weighted by Crippen LogP contribution is 2.37. The molecule has 19 heavy (non-hydrogen) atoms. The van der Waals surface area contributed by atoms with Crippen LogP contribution in [0.1, 0.15) is 45.4 Å². The van der Waals surface area contributed by atoms with Gasteiger partial charge in [0.1, 0.15) is 0 Å². The van der Waals surface area contributed by atoms with Crippen LogP contribution in [0.4, 0.5) is 0 Å². The van der Waals surface area contributed by atoms with Gasteiger partial charge in [-0.25, -0.2) is 0 Å². The summed E-state index contributed by atoms with van der Waals surface area (Å²) in [5.41, 5.74) is -0.434. The molecular formula is C15H28N2O2. The molecule has 0 amide bonds. The van der Waals surface area contributed by atoms with E-state index in [1.807, 2.05) is 0 Å². The Morgan fingerprint density at radius 1 is 1.21 bits per heavy atom. The number of likely N-dealkylation sites (tertiary alicyclic amines) is 2. The quantitative estimate of drug-likeness (QED) is 0.847. The zero-order chi connectivity index (χ0) is 13.9. The van der Waals surface area contributed by atoms with Crippen LogP contribution in [0.25, 0.3) is 0 Å². The molecule has 1 N–H and O–H groups in total. The van der Waals surface area contributed by atoms with Crippen LogP contribution < -0.4 is 0 Å². The van der Waals surface area contributed by atoms with E-state index in [2.05, 4.69) is 23.8 Å². The highest BCUT2D eigenvalue weighted by Gasteiger charge is 2.41. The lowest BCUT2D eigenvalue weighted by Gasteiger charge is -2.44. The summed E-state index contributed by atoms with van der Waals surface area (Å²) in [4.78, 5) is 16.5. The molecule has 0 aromatic rings. The third kappa shape index (κ3) is 3.29. The van der Waals surface area contributed by atoms with Crippen molar-refractivity contribution in [1.82, 2.24) is 9.80 Å². The van der Waals surface area contributed by atoms with E-state index < -0.39 is 11.4 Å². The van der Waals surface area contributed by atoms with Crippen LogP contribution in [0.3, 0.4) is 0 Å². The maximum atomic E-state index is 11.6. The van der Waals surface area contributed by atoms with Gasteiger partial charge in [0.15, 0.2) is 0 Å². The molecule has 2 fully saturated rings. The van der Waals surface area contributed by atoms with Crippen LogP contribution in [0.5, 0.6) is 0 Å². The second-order valence-corrected chi connectivity index (χ2v) is 6.41. The van der Waals surface area contributed by atoms with E-state index in [9.17, 15) is 9.90 Å². The van der Waals surface area contributed by atoms with Gasteiger partial charge in [0.05, 0.1) is 5.41 Å². The Morgan fingerprint density at radius 3 is 2.26 bits per heavy atom. The lowest BCUT2D eigenvalue weighted by Crippen LogP contribution is -2.50. The standard InChI is InChI=1S/C15H28N2O2/c1-3-6-15(14(18)19)7-11-17(12-8-15)13-4-9-16(2)10-5-13/h13H,3-12H2,1-2H3,(H,18,19). The van der Waals surface area contributed by atoms with Gasteiger partial charge in [-0.1, -0.05) is 13.3 Å². The Kier molecular flexibility index (Phi) is 4.85. The van der Waals surface area contributed by atoms with Crippen molar-refractivity contribution in [1.29, 1.82) is 0 Å². The van der Waals surface area contributed by atoms with Crippen molar-refractivity contribution in [2.45, 2.75) is 51.5 Å². The van der Waals surface area contributed by atoms with E-state index in [1.54, 1.807) is 0 Å². The molecule has 2 aliphatic heterocycles. The van der Waals surface area contributed by atoms with Crippen molar-refractivity contribution in [2.24, 2.45) is 5.41 Å². The van der Waals surface area contributed by atoms with E-state index in [0.29, 0.717) is 6.04 Å². The fourth-order valence-corrected chi connectivity index (χ4v) is 3.73. The molecule has 0 aliphatic carbocycles. The smallest absolute Gasteiger partial charge is 0.309 e. The zero-order valence-corrected chi connectivity index (χ0v) is 12.4. The summed E-state index contributed by atoms with van der Waals surface area (Å²) < 4.78 is 0. The first-order chi connectivity index (χ1) is 9.07. The number of nitrogens with zero attached hydrogens (tertiary/aromatic N) is 2. The average Bonchev–Trinajstić information content (AvgIpc) is 2.41. The van der Waals surface area contributed by atoms with Crippen molar-refractivity contribution >= 4 is 5.97 Å². The van der Waals surface area contributed by atoms with E-state index in [-0.39, 0.29) is 0 Å². The van der Waals surface area contributed by atoms with Crippen LogP contribution in [-0.2, 0) is 4.79 Å². The maximum absolute atomic E-state index is 11.6. The van der Waals surface area contributed by atoms with Gasteiger partial charge in [-0.05, 0) is 65.3 Å². The first-order valence-corrected chi connectivity index (χ1v) is 7.73. The van der Waals surface area contributed by atoms with Crippen LogP contribution in [0.2, 0.25) is 0 Å². The van der Waals surface area contributed by atoms with Gasteiger partial charge in [-0.3, -0.25) is 4.79 Å². The molecule has 2 rings (SSSR count). The molecule has 0 aromatic heterocycles. The Bertz CT molecular complexity index is 303. The fraction of sp³-hybridized carbons (Fsp3) is 0.933. The SMILES string of the molecule is CCCC1(C(=O)O)CCN(C2CCN(C)CC2)CC1. The van der Waals surface area contributed by atoms with Crippen molar-refractivity contribution in [3.8, 4) is 0 Å². The highest BCUT2D eigenvalue weighted by atomic mass is 16.4. The number of aliphatic carboxylic acids is 1. The molecule has 110 valence electrons. The number of hydrogen-bond donors (Lipinski definition) is 1. The van der Waals surface area contributed by atoms with E-state index in [1.165, 1.54) is 25.9 Å². The van der Waals surface area contributed by atoms with Gasteiger partial charge >= 0.3 is 5.97 Å². The summed E-state index contributed by atoms with van der Waals surface area (Å²) in [5.74, 6) is -0.572. The molecule has 4 heteroatoms. The summed E-state index contributed by atoms with van der Waals surface area (Å²) in [6.07, 6.45) is 5.96. The van der Waals surface area contributed by atoms with Gasteiger partial charge in [0, 0.05) is 6.04 Å². The largest absolute Gasteiger partial charge is 0.481 e. The minimum absolute atomic E-state index is 0.434. The monoisotopic (exact) mass is 268 g/mol. The number of carboxylic acid groups (broad SMARTS) is 1. The van der Waals surface area contributed by atoms with E-state index in [4.69, 9.17) is 0 Å². The molecule has 0 saturated carbocycles. The lowest BCUT2D eigenvalue weighted by atomic mass is 9.74. The predicted molar refractivity (Wildman–Crippen MR) is 76.3 cm³/mol. The molecule has 0 bridgehead atoms. The minimum Gasteiger partial charge on any atom is -0.481 e. The second kappa shape index (κ2) is 6.23. The van der Waals surface area contributed by atoms with Crippen LogP contribution in [0, 0.1) is 5.41 Å². The van der Waals surface area contributed by atoms with E-state index in [0.717, 1.165) is 38.8 Å². The van der Waals surface area contributed by atoms with E-state index >= 15 is 0 Å². The topological polar surface area (TPSA) is 43.8 Å². The van der Waals surface area contributed by atoms with Gasteiger partial charge in [-0.15, -0.1) is 0 Å². The summed E-state index contributed by atoms with van der Waals surface area (Å²) in [7, 11) is 2.18. The van der Waals surface area contributed by atoms with Gasteiger partial charge < -0.3 is 14.9 Å². The molecule has 0 spiro atoms. The molecule has 0 unspecified atom stereocenters. The summed E-state index contributed by atoms with van der Waals surface area (Å²) in [5, 5.41) is 9.53. The molecule has 2 heterocycles. The van der Waals surface area contributed by atoms with Crippen LogP contribution in [0.15, 0.2) is 0 Å². The Balaban J connectivity index is 1.89. The number of piperidine rings is 2. The molecule has 0 aromatic carbocycles. The lowest BCUT2D eigenvalue weighted by molar-refractivity contribution is -0.153. The predicted octanol–water partition coefficient (Wildman–Crippen LogP) is 2.05. The normalized spacial score (nSPS) is 26.4. The number of rotatable bonds is 4. The third-order valence-corrected chi connectivity index (χ3v) is 5.14. The van der Waals surface area contributed by atoms with Crippen LogP contribution >= 0.6 is 0 Å². The van der Waals surface area contributed by atoms with Gasteiger partial charge in [-0.2, -0.15) is 0 Å². The maximum Gasteiger partial charge on any atom is 0.309 e. The van der Waals surface area contributed by atoms with Crippen molar-refractivity contribution in [3.63, 3.8) is 0 Å². The summed E-state index contributed by atoms with van der Waals surface area (Å²) in [6.45, 7) is 6.40. The molecule has 2 aliphatic rings. The molecule has 4 nitrogen and oxygen atoms in total. The average molecular weight is 268 g/mol. The summed E-state index contributed by atoms with van der Waals surface area (Å²) >= 11 is 0. The highest BCUT2D eigenvalue weighted by molar-refractivity contribution is 5.74. The Labute approximate surface area is 116 Å². The zero-order valence-electron chi connectivity index (χ0n) is 12.4. The molecular weight excluding hydrogens is 240 g/mol. The van der Waals surface area contributed by atoms with Crippen LogP contribution in [-0.4, -0.2) is 60.1 Å². The van der Waals surface area contributed by atoms with Crippen molar-refractivity contribution in [3.05, 3.63) is 0 Å². The fourth-order valence-electron chi connectivity index (χ4n) is 3.73. The number of carbonyl (C=O) groups is 1. The van der Waals surface area contributed by atoms with Gasteiger partial charge in [0.25, 0.3) is 0 Å². The Morgan fingerprint density at radius 2 is 1.79 bits per heavy atom. The van der Waals surface area contributed by atoms with Crippen molar-refractivity contribution < 1.29 is 9.90 Å². The third-order valence-electron chi connectivity index (χ3n) is 5.14. The number of hydrogen-bond acceptors (Lipinski definition) is 3. The Hall–Kier alpha value is -0.610.